The lowest BCUT2D eigenvalue weighted by Gasteiger charge is -2.04. The third-order valence-electron chi connectivity index (χ3n) is 1.74. The van der Waals surface area contributed by atoms with E-state index in [1.165, 1.54) is 19.1 Å². The van der Waals surface area contributed by atoms with Crippen LogP contribution in [0.15, 0.2) is 24.3 Å². The van der Waals surface area contributed by atoms with E-state index in [9.17, 15) is 4.79 Å². The van der Waals surface area contributed by atoms with Crippen molar-refractivity contribution in [3.05, 3.63) is 29.8 Å². The van der Waals surface area contributed by atoms with E-state index in [0.29, 0.717) is 5.56 Å². The Morgan fingerprint density at radius 2 is 2.31 bits per heavy atom. The van der Waals surface area contributed by atoms with Gasteiger partial charge in [0.25, 0.3) is 0 Å². The third kappa shape index (κ3) is 2.06. The van der Waals surface area contributed by atoms with Crippen molar-refractivity contribution >= 4 is 5.78 Å². The number of carbonyl (C=O) groups is 1. The quantitative estimate of drug-likeness (QED) is 0.742. The summed E-state index contributed by atoms with van der Waals surface area (Å²) in [6.07, 6.45) is 0. The number of aromatic hydroxyl groups is 1. The van der Waals surface area contributed by atoms with E-state index in [4.69, 9.17) is 10.4 Å². The van der Waals surface area contributed by atoms with Crippen LogP contribution in [0.5, 0.6) is 5.75 Å². The zero-order valence-electron chi connectivity index (χ0n) is 7.19. The van der Waals surface area contributed by atoms with E-state index in [1.807, 2.05) is 6.07 Å². The molecule has 66 valence electrons. The van der Waals surface area contributed by atoms with Crippen LogP contribution >= 0.6 is 0 Å². The fourth-order valence-electron chi connectivity index (χ4n) is 1.10. The summed E-state index contributed by atoms with van der Waals surface area (Å²) < 4.78 is 0. The molecule has 0 aliphatic heterocycles. The number of benzene rings is 1. The Morgan fingerprint density at radius 3 is 2.77 bits per heavy atom. The molecule has 3 nitrogen and oxygen atoms in total. The highest BCUT2D eigenvalue weighted by Gasteiger charge is 2.15. The molecule has 0 aliphatic rings. The summed E-state index contributed by atoms with van der Waals surface area (Å²) in [4.78, 5) is 11.0. The van der Waals surface area contributed by atoms with Crippen LogP contribution in [0.3, 0.4) is 0 Å². The predicted molar refractivity (Wildman–Crippen MR) is 47.1 cm³/mol. The number of carbonyl (C=O) groups excluding carboxylic acids is 1. The van der Waals surface area contributed by atoms with Gasteiger partial charge in [-0.05, 0) is 24.6 Å². The number of phenols is 1. The topological polar surface area (TPSA) is 61.1 Å². The summed E-state index contributed by atoms with van der Waals surface area (Å²) in [5, 5.41) is 17.8. The molecule has 0 heterocycles. The smallest absolute Gasteiger partial charge is 0.151 e. The van der Waals surface area contributed by atoms with Crippen molar-refractivity contribution in [3.63, 3.8) is 0 Å². The van der Waals surface area contributed by atoms with Crippen molar-refractivity contribution in [2.75, 3.05) is 0 Å². The number of hydrogen-bond donors (Lipinski definition) is 1. The van der Waals surface area contributed by atoms with Crippen LogP contribution < -0.4 is 0 Å². The van der Waals surface area contributed by atoms with E-state index in [1.54, 1.807) is 12.1 Å². The Balaban J connectivity index is 3.07. The molecule has 13 heavy (non-hydrogen) atoms. The number of Topliss-reactive ketones (excluding diaryl/α,β-unsaturated/α-hetero) is 1. The van der Waals surface area contributed by atoms with Gasteiger partial charge in [-0.2, -0.15) is 5.26 Å². The van der Waals surface area contributed by atoms with Gasteiger partial charge in [0, 0.05) is 0 Å². The lowest BCUT2D eigenvalue weighted by Crippen LogP contribution is -2.05. The van der Waals surface area contributed by atoms with Crippen LogP contribution in [0, 0.1) is 11.3 Å². The average molecular weight is 175 g/mol. The van der Waals surface area contributed by atoms with Gasteiger partial charge in [0.2, 0.25) is 0 Å². The Labute approximate surface area is 76.2 Å². The van der Waals surface area contributed by atoms with E-state index >= 15 is 0 Å². The maximum atomic E-state index is 11.0. The summed E-state index contributed by atoms with van der Waals surface area (Å²) in [7, 11) is 0. The molecule has 1 unspecified atom stereocenters. The van der Waals surface area contributed by atoms with Gasteiger partial charge in [0.1, 0.15) is 11.7 Å². The van der Waals surface area contributed by atoms with Crippen molar-refractivity contribution in [3.8, 4) is 11.8 Å². The fraction of sp³-hybridized carbons (Fsp3) is 0.200. The van der Waals surface area contributed by atoms with Crippen molar-refractivity contribution in [1.29, 1.82) is 5.26 Å². The molecule has 0 saturated heterocycles. The molecule has 0 saturated carbocycles. The predicted octanol–water partition coefficient (Wildman–Crippen LogP) is 1.59. The molecule has 0 fully saturated rings. The second-order valence-electron chi connectivity index (χ2n) is 2.77. The summed E-state index contributed by atoms with van der Waals surface area (Å²) in [5.74, 6) is -0.917. The maximum absolute atomic E-state index is 11.0. The highest BCUT2D eigenvalue weighted by atomic mass is 16.3. The van der Waals surface area contributed by atoms with Crippen molar-refractivity contribution in [2.24, 2.45) is 0 Å². The van der Waals surface area contributed by atoms with E-state index in [-0.39, 0.29) is 11.5 Å². The number of nitriles is 1. The summed E-state index contributed by atoms with van der Waals surface area (Å²) >= 11 is 0. The van der Waals surface area contributed by atoms with Crippen LogP contribution in [0.1, 0.15) is 18.4 Å². The molecule has 1 rings (SSSR count). The van der Waals surface area contributed by atoms with Crippen molar-refractivity contribution < 1.29 is 9.90 Å². The molecule has 1 aromatic rings. The van der Waals surface area contributed by atoms with Crippen molar-refractivity contribution in [1.82, 2.24) is 0 Å². The molecule has 1 N–H and O–H groups in total. The molecular formula is C10H9NO2. The molecule has 0 radical (unpaired) electrons. The average Bonchev–Trinajstić information content (AvgIpc) is 2.04. The lowest BCUT2D eigenvalue weighted by molar-refractivity contribution is -0.117. The molecule has 0 spiro atoms. The van der Waals surface area contributed by atoms with Gasteiger partial charge in [-0.15, -0.1) is 0 Å². The summed E-state index contributed by atoms with van der Waals surface area (Å²) in [6.45, 7) is 1.36. The highest BCUT2D eigenvalue weighted by Crippen LogP contribution is 2.20. The van der Waals surface area contributed by atoms with E-state index < -0.39 is 5.92 Å². The first-order valence-corrected chi connectivity index (χ1v) is 3.84. The molecule has 3 heteroatoms. The fourth-order valence-corrected chi connectivity index (χ4v) is 1.10. The molecule has 0 aromatic heterocycles. The molecular weight excluding hydrogens is 166 g/mol. The molecule has 1 aromatic carbocycles. The molecule has 0 aliphatic carbocycles. The zero-order chi connectivity index (χ0) is 9.84. The molecule has 0 amide bonds. The Kier molecular flexibility index (Phi) is 2.65. The standard InChI is InChI=1S/C10H9NO2/c1-7(12)10(6-11)8-3-2-4-9(13)5-8/h2-5,10,13H,1H3. The van der Waals surface area contributed by atoms with Crippen LogP contribution in [-0.4, -0.2) is 10.9 Å². The first-order valence-electron chi connectivity index (χ1n) is 3.84. The Morgan fingerprint density at radius 1 is 1.62 bits per heavy atom. The Hall–Kier alpha value is -1.82. The van der Waals surface area contributed by atoms with Crippen LogP contribution in [-0.2, 0) is 4.79 Å². The lowest BCUT2D eigenvalue weighted by atomic mass is 9.97. The normalized spacial score (nSPS) is 11.7. The number of nitrogens with zero attached hydrogens (tertiary/aromatic N) is 1. The highest BCUT2D eigenvalue weighted by molar-refractivity contribution is 5.86. The van der Waals surface area contributed by atoms with Crippen LogP contribution in [0.2, 0.25) is 0 Å². The summed E-state index contributed by atoms with van der Waals surface area (Å²) in [6, 6.07) is 8.07. The van der Waals surface area contributed by atoms with Gasteiger partial charge in [-0.3, -0.25) is 4.79 Å². The Bertz CT molecular complexity index is 365. The van der Waals surface area contributed by atoms with Gasteiger partial charge in [0.15, 0.2) is 5.78 Å². The zero-order valence-corrected chi connectivity index (χ0v) is 7.19. The monoisotopic (exact) mass is 175 g/mol. The SMILES string of the molecule is CC(=O)C(C#N)c1cccc(O)c1. The minimum Gasteiger partial charge on any atom is -0.508 e. The molecule has 0 bridgehead atoms. The second-order valence-corrected chi connectivity index (χ2v) is 2.77. The van der Waals surface area contributed by atoms with Crippen LogP contribution in [0.25, 0.3) is 0 Å². The number of hydrogen-bond acceptors (Lipinski definition) is 3. The minimum absolute atomic E-state index is 0.0685. The van der Waals surface area contributed by atoms with Gasteiger partial charge >= 0.3 is 0 Å². The van der Waals surface area contributed by atoms with Crippen molar-refractivity contribution in [2.45, 2.75) is 12.8 Å². The molecule has 1 atom stereocenters. The first-order chi connectivity index (χ1) is 6.15. The summed E-state index contributed by atoms with van der Waals surface area (Å²) in [5.41, 5.74) is 0.537. The largest absolute Gasteiger partial charge is 0.508 e. The van der Waals surface area contributed by atoms with Gasteiger partial charge in [-0.1, -0.05) is 12.1 Å². The number of rotatable bonds is 2. The maximum Gasteiger partial charge on any atom is 0.151 e. The first kappa shape index (κ1) is 9.27. The number of ketones is 1. The van der Waals surface area contributed by atoms with Crippen LogP contribution in [0.4, 0.5) is 0 Å². The second kappa shape index (κ2) is 3.72. The van der Waals surface area contributed by atoms with E-state index in [0.717, 1.165) is 0 Å². The van der Waals surface area contributed by atoms with Gasteiger partial charge in [0.05, 0.1) is 6.07 Å². The minimum atomic E-state index is -0.771. The number of phenolic OH excluding ortho intramolecular Hbond substituents is 1. The van der Waals surface area contributed by atoms with Gasteiger partial charge in [-0.25, -0.2) is 0 Å². The van der Waals surface area contributed by atoms with Gasteiger partial charge < -0.3 is 5.11 Å². The third-order valence-corrected chi connectivity index (χ3v) is 1.74. The van der Waals surface area contributed by atoms with E-state index in [2.05, 4.69) is 0 Å².